The van der Waals surface area contributed by atoms with Gasteiger partial charge < -0.3 is 9.64 Å². The van der Waals surface area contributed by atoms with Crippen molar-refractivity contribution in [2.45, 2.75) is 32.8 Å². The lowest BCUT2D eigenvalue weighted by atomic mass is 10.1. The van der Waals surface area contributed by atoms with Gasteiger partial charge in [-0.05, 0) is 31.1 Å². The molecule has 1 amide bonds. The number of benzene rings is 1. The van der Waals surface area contributed by atoms with Crippen LogP contribution in [0, 0.1) is 12.7 Å². The first-order valence-electron chi connectivity index (χ1n) is 7.75. The molecular weight excluding hydrogens is 299 g/mol. The van der Waals surface area contributed by atoms with E-state index in [9.17, 15) is 14.0 Å². The normalized spacial score (nSPS) is 21.1. The standard InChI is InChI=1S/C17H19FN2O3/c1-3-13-10-20(17(22)23-13)15-9-14(18)16(8-11(15)2)19-6-4-12(21)5-7-19/h4,6,8-9,13H,3,5,7,10H2,1-2H3. The van der Waals surface area contributed by atoms with E-state index in [1.54, 1.807) is 17.2 Å². The van der Waals surface area contributed by atoms with Crippen LogP contribution in [0.2, 0.25) is 0 Å². The summed E-state index contributed by atoms with van der Waals surface area (Å²) >= 11 is 0. The second-order valence-corrected chi connectivity index (χ2v) is 5.84. The molecule has 0 aliphatic carbocycles. The predicted molar refractivity (Wildman–Crippen MR) is 85.2 cm³/mol. The Labute approximate surface area is 134 Å². The zero-order valence-corrected chi connectivity index (χ0v) is 13.2. The maximum absolute atomic E-state index is 14.5. The molecule has 3 rings (SSSR count). The largest absolute Gasteiger partial charge is 0.444 e. The molecule has 0 bridgehead atoms. The van der Waals surface area contributed by atoms with Gasteiger partial charge in [-0.2, -0.15) is 0 Å². The lowest BCUT2D eigenvalue weighted by molar-refractivity contribution is -0.114. The molecule has 122 valence electrons. The van der Waals surface area contributed by atoms with Gasteiger partial charge in [-0.3, -0.25) is 9.69 Å². The second kappa shape index (κ2) is 6.02. The summed E-state index contributed by atoms with van der Waals surface area (Å²) in [6, 6.07) is 3.07. The zero-order chi connectivity index (χ0) is 16.6. The lowest BCUT2D eigenvalue weighted by Gasteiger charge is -2.25. The maximum atomic E-state index is 14.5. The van der Waals surface area contributed by atoms with E-state index < -0.39 is 11.9 Å². The van der Waals surface area contributed by atoms with Gasteiger partial charge in [-0.1, -0.05) is 6.92 Å². The van der Waals surface area contributed by atoms with Crippen LogP contribution in [0.3, 0.4) is 0 Å². The van der Waals surface area contributed by atoms with Crippen LogP contribution in [-0.4, -0.2) is 31.1 Å². The Morgan fingerprint density at radius 1 is 1.30 bits per heavy atom. The highest BCUT2D eigenvalue weighted by Crippen LogP contribution is 2.32. The Hall–Kier alpha value is -2.37. The molecule has 0 saturated carbocycles. The van der Waals surface area contributed by atoms with Crippen molar-refractivity contribution in [2.75, 3.05) is 22.9 Å². The number of amides is 1. The fourth-order valence-corrected chi connectivity index (χ4v) is 2.86. The summed E-state index contributed by atoms with van der Waals surface area (Å²) in [5.74, 6) is -0.377. The van der Waals surface area contributed by atoms with Crippen LogP contribution in [0.5, 0.6) is 0 Å². The molecule has 2 aliphatic rings. The third-order valence-corrected chi connectivity index (χ3v) is 4.23. The first-order valence-corrected chi connectivity index (χ1v) is 7.75. The number of anilines is 2. The molecule has 1 aromatic rings. The summed E-state index contributed by atoms with van der Waals surface area (Å²) in [6.45, 7) is 4.67. The van der Waals surface area contributed by atoms with E-state index in [0.717, 1.165) is 12.0 Å². The Morgan fingerprint density at radius 3 is 2.70 bits per heavy atom. The number of halogens is 1. The summed E-state index contributed by atoms with van der Waals surface area (Å²) in [7, 11) is 0. The molecule has 6 heteroatoms. The number of nitrogens with zero attached hydrogens (tertiary/aromatic N) is 2. The van der Waals surface area contributed by atoms with Gasteiger partial charge in [0.05, 0.1) is 17.9 Å². The molecule has 2 aliphatic heterocycles. The number of carbonyl (C=O) groups excluding carboxylic acids is 2. The van der Waals surface area contributed by atoms with E-state index >= 15 is 0 Å². The third kappa shape index (κ3) is 2.93. The number of aryl methyl sites for hydroxylation is 1. The topological polar surface area (TPSA) is 49.9 Å². The SMILES string of the molecule is CCC1CN(c2cc(F)c(N3C=CC(=O)CC3)cc2C)C(=O)O1. The first-order chi connectivity index (χ1) is 11.0. The van der Waals surface area contributed by atoms with Crippen molar-refractivity contribution in [2.24, 2.45) is 0 Å². The van der Waals surface area contributed by atoms with Crippen molar-refractivity contribution >= 4 is 23.3 Å². The van der Waals surface area contributed by atoms with Crippen molar-refractivity contribution in [3.8, 4) is 0 Å². The number of hydrogen-bond donors (Lipinski definition) is 0. The average Bonchev–Trinajstić information content (AvgIpc) is 2.91. The molecule has 0 aromatic heterocycles. The quantitative estimate of drug-likeness (QED) is 0.859. The molecule has 2 heterocycles. The molecular formula is C17H19FN2O3. The number of allylic oxidation sites excluding steroid dienone is 1. The molecule has 1 atom stereocenters. The minimum Gasteiger partial charge on any atom is -0.444 e. The highest BCUT2D eigenvalue weighted by Gasteiger charge is 2.32. The number of hydrogen-bond acceptors (Lipinski definition) is 4. The van der Waals surface area contributed by atoms with Crippen LogP contribution in [0.1, 0.15) is 25.3 Å². The van der Waals surface area contributed by atoms with E-state index in [1.807, 2.05) is 13.8 Å². The van der Waals surface area contributed by atoms with Crippen molar-refractivity contribution < 1.29 is 18.7 Å². The fourth-order valence-electron chi connectivity index (χ4n) is 2.86. The molecule has 1 fully saturated rings. The Kier molecular flexibility index (Phi) is 4.07. The second-order valence-electron chi connectivity index (χ2n) is 5.84. The average molecular weight is 318 g/mol. The third-order valence-electron chi connectivity index (χ3n) is 4.23. The van der Waals surface area contributed by atoms with Gasteiger partial charge in [0.2, 0.25) is 0 Å². The Balaban J connectivity index is 1.90. The Bertz CT molecular complexity index is 687. The molecule has 0 spiro atoms. The fraction of sp³-hybridized carbons (Fsp3) is 0.412. The van der Waals surface area contributed by atoms with Gasteiger partial charge >= 0.3 is 6.09 Å². The van der Waals surface area contributed by atoms with Crippen LogP contribution in [0.25, 0.3) is 0 Å². The van der Waals surface area contributed by atoms with Gasteiger partial charge in [0, 0.05) is 25.2 Å². The molecule has 1 aromatic carbocycles. The Morgan fingerprint density at radius 2 is 2.09 bits per heavy atom. The van der Waals surface area contributed by atoms with Crippen LogP contribution >= 0.6 is 0 Å². The maximum Gasteiger partial charge on any atom is 0.414 e. The summed E-state index contributed by atoms with van der Waals surface area (Å²) in [5, 5.41) is 0. The van der Waals surface area contributed by atoms with Crippen molar-refractivity contribution in [1.82, 2.24) is 0 Å². The minimum atomic E-state index is -0.435. The molecule has 23 heavy (non-hydrogen) atoms. The molecule has 1 unspecified atom stereocenters. The molecule has 1 saturated heterocycles. The van der Waals surface area contributed by atoms with E-state index in [4.69, 9.17) is 4.74 Å². The number of ketones is 1. The number of carbonyl (C=O) groups is 2. The first kappa shape index (κ1) is 15.5. The van der Waals surface area contributed by atoms with Crippen molar-refractivity contribution in [3.63, 3.8) is 0 Å². The summed E-state index contributed by atoms with van der Waals surface area (Å²) in [6.07, 6.45) is 3.56. The number of cyclic esters (lactones) is 1. The van der Waals surface area contributed by atoms with Crippen LogP contribution in [0.4, 0.5) is 20.6 Å². The highest BCUT2D eigenvalue weighted by atomic mass is 19.1. The van der Waals surface area contributed by atoms with Crippen LogP contribution in [0.15, 0.2) is 24.4 Å². The number of rotatable bonds is 3. The zero-order valence-electron chi connectivity index (χ0n) is 13.2. The summed E-state index contributed by atoms with van der Waals surface area (Å²) in [5.41, 5.74) is 1.74. The van der Waals surface area contributed by atoms with Gasteiger partial charge in [-0.15, -0.1) is 0 Å². The van der Waals surface area contributed by atoms with Crippen LogP contribution in [-0.2, 0) is 9.53 Å². The molecule has 5 nitrogen and oxygen atoms in total. The summed E-state index contributed by atoms with van der Waals surface area (Å²) < 4.78 is 19.8. The molecule has 0 N–H and O–H groups in total. The van der Waals surface area contributed by atoms with E-state index in [0.29, 0.717) is 30.9 Å². The van der Waals surface area contributed by atoms with E-state index in [-0.39, 0.29) is 11.9 Å². The van der Waals surface area contributed by atoms with Gasteiger partial charge in [0.15, 0.2) is 5.78 Å². The number of ether oxygens (including phenoxy) is 1. The van der Waals surface area contributed by atoms with Gasteiger partial charge in [-0.25, -0.2) is 9.18 Å². The minimum absolute atomic E-state index is 0.0421. The van der Waals surface area contributed by atoms with Gasteiger partial charge in [0.1, 0.15) is 11.9 Å². The summed E-state index contributed by atoms with van der Waals surface area (Å²) in [4.78, 5) is 26.4. The predicted octanol–water partition coefficient (Wildman–Crippen LogP) is 3.16. The van der Waals surface area contributed by atoms with Gasteiger partial charge in [0.25, 0.3) is 0 Å². The van der Waals surface area contributed by atoms with Crippen molar-refractivity contribution in [3.05, 3.63) is 35.8 Å². The smallest absolute Gasteiger partial charge is 0.414 e. The van der Waals surface area contributed by atoms with E-state index in [1.165, 1.54) is 17.0 Å². The van der Waals surface area contributed by atoms with Crippen molar-refractivity contribution in [1.29, 1.82) is 0 Å². The highest BCUT2D eigenvalue weighted by molar-refractivity contribution is 5.92. The lowest BCUT2D eigenvalue weighted by Crippen LogP contribution is -2.27. The van der Waals surface area contributed by atoms with Crippen LogP contribution < -0.4 is 9.80 Å². The monoisotopic (exact) mass is 318 g/mol. The molecule has 0 radical (unpaired) electrons. The van der Waals surface area contributed by atoms with E-state index in [2.05, 4.69) is 0 Å².